The molecule has 0 aromatic rings. The number of rotatable bonds is 2. The molecule has 0 heterocycles. The zero-order valence-electron chi connectivity index (χ0n) is 5.70. The molecule has 0 fully saturated rings. The van der Waals surface area contributed by atoms with E-state index >= 15 is 0 Å². The molecule has 0 aliphatic carbocycles. The van der Waals surface area contributed by atoms with Gasteiger partial charge in [-0.05, 0) is 0 Å². The van der Waals surface area contributed by atoms with Gasteiger partial charge in [0.1, 0.15) is 0 Å². The summed E-state index contributed by atoms with van der Waals surface area (Å²) >= 11 is 3.53. The molecule has 0 unspecified atom stereocenters. The summed E-state index contributed by atoms with van der Waals surface area (Å²) in [7, 11) is -4.64. The summed E-state index contributed by atoms with van der Waals surface area (Å²) in [4.78, 5) is 21.6. The van der Waals surface area contributed by atoms with Gasteiger partial charge in [-0.2, -0.15) is 0 Å². The van der Waals surface area contributed by atoms with Crippen molar-refractivity contribution in [1.82, 2.24) is 0 Å². The number of alkyl halides is 1. The van der Waals surface area contributed by atoms with Gasteiger partial charge in [0.15, 0.2) is 0 Å². The van der Waals surface area contributed by atoms with E-state index in [1.165, 1.54) is 11.4 Å². The zero-order valence-corrected chi connectivity index (χ0v) is 11.9. The molecule has 0 bridgehead atoms. The number of phosphoric acid groups is 1. The number of hydrogen-bond acceptors (Lipinski definition) is 1. The van der Waals surface area contributed by atoms with E-state index in [2.05, 4.69) is 22.6 Å². The van der Waals surface area contributed by atoms with E-state index in [0.29, 0.717) is 0 Å². The van der Waals surface area contributed by atoms with Crippen LogP contribution in [0, 0.1) is 0 Å². The van der Waals surface area contributed by atoms with Crippen LogP contribution in [0.15, 0.2) is 0 Å². The van der Waals surface area contributed by atoms with Crippen molar-refractivity contribution < 1.29 is 19.2 Å². The van der Waals surface area contributed by atoms with Crippen LogP contribution in [0.25, 0.3) is 0 Å². The standard InChI is InChI=1S/C3H6I.K.H3O4P/c1-2-3-4;;1-5(2,3)4/h1-3H2;;(H3,1,2,3,4). The van der Waals surface area contributed by atoms with Crippen LogP contribution in [0.4, 0.5) is 0 Å². The van der Waals surface area contributed by atoms with Crippen molar-refractivity contribution in [3.63, 3.8) is 0 Å². The molecule has 0 aliphatic heterocycles. The SMILES string of the molecule is O=P(O)(O)O.[K][CH2]CCI. The minimum absolute atomic E-state index is 1.11. The Morgan fingerprint density at radius 3 is 1.70 bits per heavy atom. The predicted molar refractivity (Wildman–Crippen MR) is 48.3 cm³/mol. The second-order valence-corrected chi connectivity index (χ2v) is 5.22. The Hall–Kier alpha value is 2.48. The first-order valence-corrected chi connectivity index (χ1v) is 8.06. The molecule has 0 amide bonds. The quantitative estimate of drug-likeness (QED) is 0.300. The maximum atomic E-state index is 8.88. The van der Waals surface area contributed by atoms with Gasteiger partial charge in [0.05, 0.1) is 0 Å². The summed E-state index contributed by atoms with van der Waals surface area (Å²) < 4.78 is 11.8. The van der Waals surface area contributed by atoms with Crippen molar-refractivity contribution in [3.8, 4) is 0 Å². The van der Waals surface area contributed by atoms with Crippen molar-refractivity contribution in [2.45, 2.75) is 6.94 Å². The van der Waals surface area contributed by atoms with Crippen molar-refractivity contribution in [2.24, 2.45) is 0 Å². The van der Waals surface area contributed by atoms with Crippen LogP contribution in [-0.2, 0) is 4.57 Å². The van der Waals surface area contributed by atoms with Gasteiger partial charge in [-0.25, -0.2) is 4.57 Å². The minimum atomic E-state index is -4.64. The molecule has 58 valence electrons. The molecule has 0 saturated carbocycles. The molecule has 0 aliphatic rings. The fourth-order valence-corrected chi connectivity index (χ4v) is 3.70. The Morgan fingerprint density at radius 2 is 1.70 bits per heavy atom. The Kier molecular flexibility index (Phi) is 14.3. The predicted octanol–water partition coefficient (Wildman–Crippen LogP) is 0.470. The Labute approximate surface area is 108 Å². The van der Waals surface area contributed by atoms with Gasteiger partial charge in [-0.15, -0.1) is 0 Å². The fraction of sp³-hybridized carbons (Fsp3) is 1.00. The maximum absolute atomic E-state index is 8.88. The Bertz CT molecular complexity index is 94.4. The number of hydrogen-bond donors (Lipinski definition) is 3. The third-order valence-electron chi connectivity index (χ3n) is 0.487. The summed E-state index contributed by atoms with van der Waals surface area (Å²) in [5.41, 5.74) is 0. The first-order valence-electron chi connectivity index (χ1n) is 2.76. The van der Waals surface area contributed by atoms with Gasteiger partial charge < -0.3 is 14.7 Å². The van der Waals surface area contributed by atoms with Gasteiger partial charge in [-0.3, -0.25) is 0 Å². The molecule has 3 N–H and O–H groups in total. The van der Waals surface area contributed by atoms with Crippen LogP contribution < -0.4 is 0 Å². The summed E-state index contributed by atoms with van der Waals surface area (Å²) in [5.74, 6) is 0. The van der Waals surface area contributed by atoms with Crippen LogP contribution in [0.2, 0.25) is 0.515 Å². The molecule has 0 aromatic heterocycles. The van der Waals surface area contributed by atoms with E-state index in [4.69, 9.17) is 19.2 Å². The molecular formula is C3H9IKO4P. The molecule has 7 heteroatoms. The Morgan fingerprint density at radius 1 is 1.40 bits per heavy atom. The van der Waals surface area contributed by atoms with E-state index in [-0.39, 0.29) is 0 Å². The van der Waals surface area contributed by atoms with Crippen molar-refractivity contribution in [2.75, 3.05) is 4.43 Å². The van der Waals surface area contributed by atoms with Crippen LogP contribution in [0.3, 0.4) is 0 Å². The first-order chi connectivity index (χ1) is 4.41. The van der Waals surface area contributed by atoms with E-state index in [9.17, 15) is 0 Å². The molecule has 0 saturated heterocycles. The van der Waals surface area contributed by atoms with Crippen LogP contribution >= 0.6 is 30.4 Å². The average molecular weight is 306 g/mol. The summed E-state index contributed by atoms with van der Waals surface area (Å²) in [6, 6.07) is 0. The molecule has 0 spiro atoms. The molecule has 0 radical (unpaired) electrons. The second-order valence-electron chi connectivity index (χ2n) is 1.56. The number of halogens is 1. The molecule has 4 nitrogen and oxygen atoms in total. The average Bonchev–Trinajstić information content (AvgIpc) is 1.63. The molecular weight excluding hydrogens is 297 g/mol. The van der Waals surface area contributed by atoms with Gasteiger partial charge >= 0.3 is 90.7 Å². The van der Waals surface area contributed by atoms with Gasteiger partial charge in [0.2, 0.25) is 0 Å². The van der Waals surface area contributed by atoms with E-state index in [0.717, 1.165) is 49.0 Å². The topological polar surface area (TPSA) is 77.8 Å². The van der Waals surface area contributed by atoms with Gasteiger partial charge in [0, 0.05) is 0 Å². The van der Waals surface area contributed by atoms with E-state index < -0.39 is 7.82 Å². The molecule has 0 aromatic carbocycles. The third kappa shape index (κ3) is 47.0. The van der Waals surface area contributed by atoms with Gasteiger partial charge in [0.25, 0.3) is 0 Å². The zero-order chi connectivity index (χ0) is 8.62. The van der Waals surface area contributed by atoms with Gasteiger partial charge in [-0.1, -0.05) is 0 Å². The van der Waals surface area contributed by atoms with Crippen LogP contribution in [0.5, 0.6) is 0 Å². The van der Waals surface area contributed by atoms with E-state index in [1.54, 1.807) is 0 Å². The van der Waals surface area contributed by atoms with Crippen molar-refractivity contribution in [1.29, 1.82) is 0 Å². The molecule has 10 heavy (non-hydrogen) atoms. The summed E-state index contributed by atoms with van der Waals surface area (Å²) in [6.07, 6.45) is 1.46. The van der Waals surface area contributed by atoms with E-state index in [1.807, 2.05) is 0 Å². The first kappa shape index (κ1) is 15.0. The summed E-state index contributed by atoms with van der Waals surface area (Å²) in [5, 5.41) is 0. The van der Waals surface area contributed by atoms with Crippen LogP contribution in [-0.4, -0.2) is 68.1 Å². The summed E-state index contributed by atoms with van der Waals surface area (Å²) in [6.45, 7) is 0. The molecule has 0 rings (SSSR count). The van der Waals surface area contributed by atoms with Crippen molar-refractivity contribution >= 4 is 79.4 Å². The normalized spacial score (nSPS) is 10.2. The van der Waals surface area contributed by atoms with Crippen LogP contribution in [0.1, 0.15) is 6.42 Å². The second kappa shape index (κ2) is 9.56. The molecule has 0 atom stereocenters. The third-order valence-corrected chi connectivity index (χ3v) is 2.35. The monoisotopic (exact) mass is 306 g/mol. The van der Waals surface area contributed by atoms with Crippen molar-refractivity contribution in [3.05, 3.63) is 0 Å². The fourth-order valence-electron chi connectivity index (χ4n) is 0.134. The Balaban J connectivity index is 0.